The Balaban J connectivity index is 2.59. The molecule has 0 radical (unpaired) electrons. The van der Waals surface area contributed by atoms with Crippen molar-refractivity contribution in [2.45, 2.75) is 20.4 Å². The van der Waals surface area contributed by atoms with Crippen LogP contribution in [0.4, 0.5) is 0 Å². The molecule has 0 N–H and O–H groups in total. The summed E-state index contributed by atoms with van der Waals surface area (Å²) >= 11 is 0. The van der Waals surface area contributed by atoms with Crippen molar-refractivity contribution in [2.24, 2.45) is 0 Å². The van der Waals surface area contributed by atoms with E-state index < -0.39 is 0 Å². The Bertz CT molecular complexity index is 353. The number of aromatic nitrogens is 1. The fourth-order valence-electron chi connectivity index (χ4n) is 1.44. The molecule has 0 aliphatic rings. The zero-order chi connectivity index (χ0) is 12.0. The molecule has 0 amide bonds. The lowest BCUT2D eigenvalue weighted by molar-refractivity contribution is -0.142. The van der Waals surface area contributed by atoms with Crippen LogP contribution >= 0.6 is 0 Å². The van der Waals surface area contributed by atoms with E-state index in [4.69, 9.17) is 0 Å². The van der Waals surface area contributed by atoms with Crippen LogP contribution in [0.3, 0.4) is 0 Å². The molecule has 0 atom stereocenters. The Morgan fingerprint density at radius 1 is 1.50 bits per heavy atom. The van der Waals surface area contributed by atoms with Crippen molar-refractivity contribution in [1.82, 2.24) is 9.88 Å². The highest BCUT2D eigenvalue weighted by molar-refractivity contribution is 5.71. The van der Waals surface area contributed by atoms with Gasteiger partial charge in [-0.1, -0.05) is 13.0 Å². The number of nitrogens with zero attached hydrogens (tertiary/aromatic N) is 2. The van der Waals surface area contributed by atoms with Gasteiger partial charge in [0.15, 0.2) is 0 Å². The first-order chi connectivity index (χ1) is 7.65. The van der Waals surface area contributed by atoms with Crippen LogP contribution in [0.1, 0.15) is 18.3 Å². The van der Waals surface area contributed by atoms with E-state index in [0.29, 0.717) is 13.1 Å². The SMILES string of the molecule is CCN(CC(=O)OC)Cc1cccc(C)n1. The summed E-state index contributed by atoms with van der Waals surface area (Å²) in [5.74, 6) is -0.213. The lowest BCUT2D eigenvalue weighted by Gasteiger charge is -2.18. The molecule has 0 spiro atoms. The van der Waals surface area contributed by atoms with Gasteiger partial charge in [0.05, 0.1) is 19.3 Å². The maximum absolute atomic E-state index is 11.2. The van der Waals surface area contributed by atoms with E-state index in [0.717, 1.165) is 17.9 Å². The number of ether oxygens (including phenoxy) is 1. The molecule has 4 heteroatoms. The summed E-state index contributed by atoms with van der Waals surface area (Å²) in [5.41, 5.74) is 1.97. The summed E-state index contributed by atoms with van der Waals surface area (Å²) < 4.78 is 4.64. The number of rotatable bonds is 5. The molecule has 1 aromatic rings. The van der Waals surface area contributed by atoms with Gasteiger partial charge in [-0.05, 0) is 25.6 Å². The Morgan fingerprint density at radius 2 is 2.25 bits per heavy atom. The molecule has 0 bridgehead atoms. The number of likely N-dealkylation sites (N-methyl/N-ethyl adjacent to an activating group) is 1. The Morgan fingerprint density at radius 3 is 2.81 bits per heavy atom. The van der Waals surface area contributed by atoms with Crippen LogP contribution in [-0.4, -0.2) is 36.1 Å². The monoisotopic (exact) mass is 222 g/mol. The zero-order valence-corrected chi connectivity index (χ0v) is 10.1. The first-order valence-corrected chi connectivity index (χ1v) is 5.37. The number of hydrogen-bond acceptors (Lipinski definition) is 4. The van der Waals surface area contributed by atoms with E-state index in [1.165, 1.54) is 7.11 Å². The van der Waals surface area contributed by atoms with Crippen LogP contribution in [0.15, 0.2) is 18.2 Å². The van der Waals surface area contributed by atoms with Crippen molar-refractivity contribution in [3.05, 3.63) is 29.6 Å². The zero-order valence-electron chi connectivity index (χ0n) is 10.1. The van der Waals surface area contributed by atoms with Crippen molar-refractivity contribution >= 4 is 5.97 Å². The van der Waals surface area contributed by atoms with Crippen molar-refractivity contribution in [3.8, 4) is 0 Å². The van der Waals surface area contributed by atoms with Gasteiger partial charge in [-0.25, -0.2) is 0 Å². The van der Waals surface area contributed by atoms with Gasteiger partial charge >= 0.3 is 5.97 Å². The molecule has 4 nitrogen and oxygen atoms in total. The summed E-state index contributed by atoms with van der Waals surface area (Å²) in [6, 6.07) is 5.90. The summed E-state index contributed by atoms with van der Waals surface area (Å²) in [6.07, 6.45) is 0. The third-order valence-electron chi connectivity index (χ3n) is 2.36. The van der Waals surface area contributed by atoms with Crippen molar-refractivity contribution in [2.75, 3.05) is 20.2 Å². The highest BCUT2D eigenvalue weighted by Crippen LogP contribution is 2.03. The molecule has 0 saturated heterocycles. The second kappa shape index (κ2) is 6.23. The lowest BCUT2D eigenvalue weighted by Crippen LogP contribution is -2.30. The summed E-state index contributed by atoms with van der Waals surface area (Å²) in [5, 5.41) is 0. The normalized spacial score (nSPS) is 10.5. The summed E-state index contributed by atoms with van der Waals surface area (Å²) in [4.78, 5) is 17.5. The molecule has 0 fully saturated rings. The molecule has 16 heavy (non-hydrogen) atoms. The summed E-state index contributed by atoms with van der Waals surface area (Å²) in [6.45, 7) is 5.75. The Kier molecular flexibility index (Phi) is 4.92. The van der Waals surface area contributed by atoms with Crippen LogP contribution in [0.25, 0.3) is 0 Å². The lowest BCUT2D eigenvalue weighted by atomic mass is 10.3. The van der Waals surface area contributed by atoms with Crippen LogP contribution in [0.5, 0.6) is 0 Å². The second-order valence-corrected chi connectivity index (χ2v) is 3.65. The van der Waals surface area contributed by atoms with Gasteiger partial charge in [0.25, 0.3) is 0 Å². The number of carbonyl (C=O) groups excluding carboxylic acids is 1. The van der Waals surface area contributed by atoms with Crippen LogP contribution in [0, 0.1) is 6.92 Å². The Labute approximate surface area is 96.2 Å². The van der Waals surface area contributed by atoms with E-state index in [1.807, 2.05) is 36.9 Å². The number of methoxy groups -OCH3 is 1. The number of pyridine rings is 1. The van der Waals surface area contributed by atoms with E-state index >= 15 is 0 Å². The van der Waals surface area contributed by atoms with Crippen LogP contribution < -0.4 is 0 Å². The first-order valence-electron chi connectivity index (χ1n) is 5.37. The molecule has 88 valence electrons. The average Bonchev–Trinajstić information content (AvgIpc) is 2.28. The standard InChI is InChI=1S/C12H18N2O2/c1-4-14(9-12(15)16-3)8-11-7-5-6-10(2)13-11/h5-7H,4,8-9H2,1-3H3. The number of carbonyl (C=O) groups is 1. The molecular weight excluding hydrogens is 204 g/mol. The topological polar surface area (TPSA) is 42.4 Å². The minimum Gasteiger partial charge on any atom is -0.468 e. The van der Waals surface area contributed by atoms with Gasteiger partial charge in [0, 0.05) is 12.2 Å². The molecular formula is C12H18N2O2. The summed E-state index contributed by atoms with van der Waals surface area (Å²) in [7, 11) is 1.40. The van der Waals surface area contributed by atoms with E-state index in [2.05, 4.69) is 9.72 Å². The predicted octanol–water partition coefficient (Wildman–Crippen LogP) is 1.38. The van der Waals surface area contributed by atoms with E-state index in [-0.39, 0.29) is 5.97 Å². The molecule has 0 saturated carbocycles. The number of aryl methyl sites for hydroxylation is 1. The molecule has 1 aromatic heterocycles. The highest BCUT2D eigenvalue weighted by Gasteiger charge is 2.10. The average molecular weight is 222 g/mol. The second-order valence-electron chi connectivity index (χ2n) is 3.65. The molecule has 0 aromatic carbocycles. The maximum Gasteiger partial charge on any atom is 0.319 e. The van der Waals surface area contributed by atoms with E-state index in [9.17, 15) is 4.79 Å². The van der Waals surface area contributed by atoms with Gasteiger partial charge in [0.2, 0.25) is 0 Å². The minimum atomic E-state index is -0.213. The fraction of sp³-hybridized carbons (Fsp3) is 0.500. The third-order valence-corrected chi connectivity index (χ3v) is 2.36. The van der Waals surface area contributed by atoms with Gasteiger partial charge in [-0.3, -0.25) is 14.7 Å². The van der Waals surface area contributed by atoms with Crippen molar-refractivity contribution in [1.29, 1.82) is 0 Å². The predicted molar refractivity (Wildman–Crippen MR) is 61.9 cm³/mol. The maximum atomic E-state index is 11.2. The van der Waals surface area contributed by atoms with E-state index in [1.54, 1.807) is 0 Å². The molecule has 1 rings (SSSR count). The Hall–Kier alpha value is -1.42. The minimum absolute atomic E-state index is 0.213. The number of esters is 1. The fourth-order valence-corrected chi connectivity index (χ4v) is 1.44. The van der Waals surface area contributed by atoms with Crippen LogP contribution in [-0.2, 0) is 16.1 Å². The van der Waals surface area contributed by atoms with Gasteiger partial charge < -0.3 is 4.74 Å². The molecule has 0 aliphatic carbocycles. The van der Waals surface area contributed by atoms with Gasteiger partial charge in [-0.15, -0.1) is 0 Å². The molecule has 1 heterocycles. The quantitative estimate of drug-likeness (QED) is 0.706. The molecule has 0 aliphatic heterocycles. The smallest absolute Gasteiger partial charge is 0.319 e. The molecule has 0 unspecified atom stereocenters. The third kappa shape index (κ3) is 3.98. The largest absolute Gasteiger partial charge is 0.468 e. The van der Waals surface area contributed by atoms with Crippen molar-refractivity contribution < 1.29 is 9.53 Å². The van der Waals surface area contributed by atoms with Gasteiger partial charge in [-0.2, -0.15) is 0 Å². The van der Waals surface area contributed by atoms with Gasteiger partial charge in [0.1, 0.15) is 0 Å². The number of hydrogen-bond donors (Lipinski definition) is 0. The van der Waals surface area contributed by atoms with Crippen LogP contribution in [0.2, 0.25) is 0 Å². The first kappa shape index (κ1) is 12.6. The highest BCUT2D eigenvalue weighted by atomic mass is 16.5. The van der Waals surface area contributed by atoms with Crippen molar-refractivity contribution in [3.63, 3.8) is 0 Å².